The lowest BCUT2D eigenvalue weighted by molar-refractivity contribution is -0.0191. The van der Waals surface area contributed by atoms with Gasteiger partial charge in [-0.25, -0.2) is 4.79 Å². The highest BCUT2D eigenvalue weighted by Gasteiger charge is 2.27. The predicted molar refractivity (Wildman–Crippen MR) is 47.3 cm³/mol. The van der Waals surface area contributed by atoms with Crippen LogP contribution in [0.2, 0.25) is 0 Å². The molecule has 5 heteroatoms. The minimum absolute atomic E-state index is 0.167. The highest BCUT2D eigenvalue weighted by atomic mass is 16.3. The second kappa shape index (κ2) is 3.93. The van der Waals surface area contributed by atoms with E-state index in [1.54, 1.807) is 0 Å². The Kier molecular flexibility index (Phi) is 3.11. The van der Waals surface area contributed by atoms with Crippen LogP contribution in [0.5, 0.6) is 0 Å². The third-order valence-corrected chi connectivity index (χ3v) is 2.04. The lowest BCUT2D eigenvalue weighted by Crippen LogP contribution is -2.53. The summed E-state index contributed by atoms with van der Waals surface area (Å²) in [4.78, 5) is 12.7. The molecule has 5 nitrogen and oxygen atoms in total. The van der Waals surface area contributed by atoms with Crippen molar-refractivity contribution in [3.8, 4) is 0 Å². The van der Waals surface area contributed by atoms with E-state index in [4.69, 9.17) is 5.11 Å². The van der Waals surface area contributed by atoms with Crippen molar-refractivity contribution < 1.29 is 15.0 Å². The molecule has 0 spiro atoms. The van der Waals surface area contributed by atoms with E-state index in [0.717, 1.165) is 6.42 Å². The summed E-state index contributed by atoms with van der Waals surface area (Å²) in [6.45, 7) is 2.68. The molecule has 1 fully saturated rings. The van der Waals surface area contributed by atoms with Crippen LogP contribution in [0, 0.1) is 0 Å². The zero-order chi connectivity index (χ0) is 9.90. The van der Waals surface area contributed by atoms with E-state index in [-0.39, 0.29) is 19.2 Å². The van der Waals surface area contributed by atoms with Gasteiger partial charge in [0.05, 0.1) is 13.2 Å². The SMILES string of the molecule is CC(O)(CO)CN1CCCNC1=O. The second-order valence-electron chi connectivity index (χ2n) is 3.66. The van der Waals surface area contributed by atoms with Crippen molar-refractivity contribution in [2.24, 2.45) is 0 Å². The van der Waals surface area contributed by atoms with Gasteiger partial charge in [0.1, 0.15) is 5.60 Å². The molecule has 0 bridgehead atoms. The Hall–Kier alpha value is -0.810. The fourth-order valence-corrected chi connectivity index (χ4v) is 1.29. The summed E-state index contributed by atoms with van der Waals surface area (Å²) in [7, 11) is 0. The first-order valence-electron chi connectivity index (χ1n) is 4.41. The van der Waals surface area contributed by atoms with E-state index in [2.05, 4.69) is 5.32 Å². The summed E-state index contributed by atoms with van der Waals surface area (Å²) in [6, 6.07) is -0.167. The minimum Gasteiger partial charge on any atom is -0.393 e. The fraction of sp³-hybridized carbons (Fsp3) is 0.875. The maximum atomic E-state index is 11.2. The number of nitrogens with one attached hydrogen (secondary N) is 1. The zero-order valence-electron chi connectivity index (χ0n) is 7.79. The number of carbonyl (C=O) groups excluding carboxylic acids is 1. The topological polar surface area (TPSA) is 72.8 Å². The fourth-order valence-electron chi connectivity index (χ4n) is 1.29. The van der Waals surface area contributed by atoms with Crippen LogP contribution in [-0.4, -0.2) is 53.0 Å². The molecular weight excluding hydrogens is 172 g/mol. The number of carbonyl (C=O) groups is 1. The summed E-state index contributed by atoms with van der Waals surface area (Å²) in [5, 5.41) is 21.0. The average molecular weight is 188 g/mol. The lowest BCUT2D eigenvalue weighted by Gasteiger charge is -2.33. The van der Waals surface area contributed by atoms with Crippen molar-refractivity contribution in [2.45, 2.75) is 18.9 Å². The molecule has 0 aliphatic carbocycles. The average Bonchev–Trinajstić information content (AvgIpc) is 2.09. The number of urea groups is 1. The number of β-amino-alcohol motifs (C(OH)–C–C–N with tert-alkyl or cyclic N) is 1. The van der Waals surface area contributed by atoms with E-state index in [9.17, 15) is 9.90 Å². The normalized spacial score (nSPS) is 22.4. The summed E-state index contributed by atoms with van der Waals surface area (Å²) in [5.74, 6) is 0. The first-order valence-corrected chi connectivity index (χ1v) is 4.41. The first kappa shape index (κ1) is 10.3. The first-order chi connectivity index (χ1) is 6.05. The molecule has 0 saturated carbocycles. The van der Waals surface area contributed by atoms with Gasteiger partial charge in [-0.1, -0.05) is 0 Å². The van der Waals surface area contributed by atoms with Gasteiger partial charge in [0, 0.05) is 13.1 Å². The van der Waals surface area contributed by atoms with Crippen molar-refractivity contribution in [1.82, 2.24) is 10.2 Å². The molecule has 0 aromatic rings. The highest BCUT2D eigenvalue weighted by molar-refractivity contribution is 5.74. The monoisotopic (exact) mass is 188 g/mol. The van der Waals surface area contributed by atoms with Gasteiger partial charge in [-0.2, -0.15) is 0 Å². The number of aliphatic hydroxyl groups excluding tert-OH is 1. The Balaban J connectivity index is 2.47. The van der Waals surface area contributed by atoms with Crippen LogP contribution >= 0.6 is 0 Å². The molecule has 1 aliphatic heterocycles. The van der Waals surface area contributed by atoms with Crippen LogP contribution in [0.3, 0.4) is 0 Å². The standard InChI is InChI=1S/C8H16N2O3/c1-8(13,6-11)5-10-4-2-3-9-7(10)12/h11,13H,2-6H2,1H3,(H,9,12). The van der Waals surface area contributed by atoms with Crippen LogP contribution in [0.15, 0.2) is 0 Å². The number of hydrogen-bond acceptors (Lipinski definition) is 3. The van der Waals surface area contributed by atoms with Crippen LogP contribution in [0.4, 0.5) is 4.79 Å². The third kappa shape index (κ3) is 2.86. The van der Waals surface area contributed by atoms with Crippen molar-refractivity contribution in [3.63, 3.8) is 0 Å². The minimum atomic E-state index is -1.20. The number of rotatable bonds is 3. The molecule has 1 heterocycles. The number of nitrogens with zero attached hydrogens (tertiary/aromatic N) is 1. The number of hydrogen-bond donors (Lipinski definition) is 3. The molecule has 0 aromatic heterocycles. The second-order valence-corrected chi connectivity index (χ2v) is 3.66. The van der Waals surface area contributed by atoms with Crippen LogP contribution in [0.25, 0.3) is 0 Å². The van der Waals surface area contributed by atoms with E-state index >= 15 is 0 Å². The smallest absolute Gasteiger partial charge is 0.317 e. The number of aliphatic hydroxyl groups is 2. The molecule has 13 heavy (non-hydrogen) atoms. The zero-order valence-corrected chi connectivity index (χ0v) is 7.79. The molecule has 0 radical (unpaired) electrons. The van der Waals surface area contributed by atoms with E-state index < -0.39 is 5.60 Å². The molecule has 2 amide bonds. The summed E-state index contributed by atoms with van der Waals surface area (Å²) >= 11 is 0. The van der Waals surface area contributed by atoms with E-state index in [1.807, 2.05) is 0 Å². The molecule has 76 valence electrons. The van der Waals surface area contributed by atoms with Gasteiger partial charge in [-0.15, -0.1) is 0 Å². The molecule has 3 N–H and O–H groups in total. The van der Waals surface area contributed by atoms with Gasteiger partial charge < -0.3 is 20.4 Å². The van der Waals surface area contributed by atoms with Crippen LogP contribution in [0.1, 0.15) is 13.3 Å². The maximum absolute atomic E-state index is 11.2. The molecule has 1 saturated heterocycles. The lowest BCUT2D eigenvalue weighted by atomic mass is 10.1. The third-order valence-electron chi connectivity index (χ3n) is 2.04. The highest BCUT2D eigenvalue weighted by Crippen LogP contribution is 2.08. The van der Waals surface area contributed by atoms with Crippen LogP contribution in [-0.2, 0) is 0 Å². The molecule has 1 aliphatic rings. The Labute approximate surface area is 77.3 Å². The predicted octanol–water partition coefficient (Wildman–Crippen LogP) is -0.855. The molecular formula is C8H16N2O3. The van der Waals surface area contributed by atoms with Gasteiger partial charge in [-0.3, -0.25) is 0 Å². The van der Waals surface area contributed by atoms with E-state index in [0.29, 0.717) is 13.1 Å². The van der Waals surface area contributed by atoms with E-state index in [1.165, 1.54) is 11.8 Å². The van der Waals surface area contributed by atoms with Crippen molar-refractivity contribution >= 4 is 6.03 Å². The Morgan fingerprint density at radius 2 is 2.38 bits per heavy atom. The van der Waals surface area contributed by atoms with Gasteiger partial charge >= 0.3 is 6.03 Å². The molecule has 1 unspecified atom stereocenters. The number of amides is 2. The Morgan fingerprint density at radius 3 is 2.92 bits per heavy atom. The quantitative estimate of drug-likeness (QED) is 0.540. The maximum Gasteiger partial charge on any atom is 0.317 e. The van der Waals surface area contributed by atoms with Crippen LogP contribution < -0.4 is 5.32 Å². The van der Waals surface area contributed by atoms with Gasteiger partial charge in [0.15, 0.2) is 0 Å². The molecule has 0 aromatic carbocycles. The molecule has 1 rings (SSSR count). The Morgan fingerprint density at radius 1 is 1.69 bits per heavy atom. The van der Waals surface area contributed by atoms with Gasteiger partial charge in [0.25, 0.3) is 0 Å². The summed E-state index contributed by atoms with van der Waals surface area (Å²) < 4.78 is 0. The van der Waals surface area contributed by atoms with Crippen molar-refractivity contribution in [1.29, 1.82) is 0 Å². The largest absolute Gasteiger partial charge is 0.393 e. The van der Waals surface area contributed by atoms with Gasteiger partial charge in [-0.05, 0) is 13.3 Å². The summed E-state index contributed by atoms with van der Waals surface area (Å²) in [6.07, 6.45) is 0.882. The molecule has 1 atom stereocenters. The van der Waals surface area contributed by atoms with Gasteiger partial charge in [0.2, 0.25) is 0 Å². The summed E-state index contributed by atoms with van der Waals surface area (Å²) in [5.41, 5.74) is -1.20. The Bertz CT molecular complexity index is 194. The van der Waals surface area contributed by atoms with Crippen molar-refractivity contribution in [3.05, 3.63) is 0 Å². The van der Waals surface area contributed by atoms with Crippen molar-refractivity contribution in [2.75, 3.05) is 26.2 Å².